The first kappa shape index (κ1) is 35.7. The maximum atomic E-state index is 13.3. The fourth-order valence-electron chi connectivity index (χ4n) is 11.4. The van der Waals surface area contributed by atoms with Gasteiger partial charge in [0, 0.05) is 24.3 Å². The van der Waals surface area contributed by atoms with Crippen LogP contribution in [0.15, 0.2) is 11.6 Å². The van der Waals surface area contributed by atoms with Crippen LogP contribution in [0.4, 0.5) is 0 Å². The number of hydrogen-bond acceptors (Lipinski definition) is 13. The van der Waals surface area contributed by atoms with Crippen LogP contribution in [0.2, 0.25) is 0 Å². The number of carbonyl (C=O) groups is 2. The van der Waals surface area contributed by atoms with Gasteiger partial charge in [-0.15, -0.1) is 0 Å². The number of esters is 1. The van der Waals surface area contributed by atoms with Crippen molar-refractivity contribution < 1.29 is 69.0 Å². The number of carboxylic acids is 1. The molecule has 276 valence electrons. The lowest BCUT2D eigenvalue weighted by Crippen LogP contribution is -2.70. The number of hydrogen-bond donors (Lipinski definition) is 7. The first-order valence-corrected chi connectivity index (χ1v) is 17.9. The summed E-state index contributed by atoms with van der Waals surface area (Å²) in [5, 5.41) is 77.2. The molecular weight excluding hydrogens is 644 g/mol. The van der Waals surface area contributed by atoms with Crippen LogP contribution >= 0.6 is 0 Å². The minimum absolute atomic E-state index is 0.00209. The van der Waals surface area contributed by atoms with Gasteiger partial charge < -0.3 is 59.4 Å². The van der Waals surface area contributed by atoms with Crippen molar-refractivity contribution in [2.75, 3.05) is 6.61 Å². The van der Waals surface area contributed by atoms with Gasteiger partial charge >= 0.3 is 11.9 Å². The van der Waals surface area contributed by atoms with Crippen LogP contribution in [-0.4, -0.2) is 127 Å². The fourth-order valence-corrected chi connectivity index (χ4v) is 11.4. The van der Waals surface area contributed by atoms with E-state index in [0.29, 0.717) is 38.5 Å². The summed E-state index contributed by atoms with van der Waals surface area (Å²) in [6, 6.07) is 0. The smallest absolute Gasteiger partial charge is 0.331 e. The molecule has 7 N–H and O–H groups in total. The maximum absolute atomic E-state index is 13.3. The zero-order valence-electron chi connectivity index (χ0n) is 28.3. The molecule has 6 fully saturated rings. The summed E-state index contributed by atoms with van der Waals surface area (Å²) in [4.78, 5) is 25.2. The normalized spacial score (nSPS) is 54.3. The van der Waals surface area contributed by atoms with Crippen LogP contribution in [-0.2, 0) is 33.3 Å². The zero-order chi connectivity index (χ0) is 35.3. The number of carbonyl (C=O) groups excluding carboxylic acids is 1. The largest absolute Gasteiger partial charge is 0.481 e. The number of aliphatic hydroxyl groups is 6. The fraction of sp³-hybridized carbons (Fsp3) is 0.886. The van der Waals surface area contributed by atoms with Crippen molar-refractivity contribution in [3.63, 3.8) is 0 Å². The Labute approximate surface area is 285 Å². The number of cyclic esters (lactones) is 1. The lowest BCUT2D eigenvalue weighted by molar-refractivity contribution is -0.342. The van der Waals surface area contributed by atoms with Crippen molar-refractivity contribution in [3.05, 3.63) is 11.6 Å². The molecule has 14 heteroatoms. The molecule has 0 radical (unpaired) electrons. The summed E-state index contributed by atoms with van der Waals surface area (Å²) >= 11 is 0. The number of fused-ring (bicyclic) bond motifs is 5. The molecular formula is C35H52O14. The van der Waals surface area contributed by atoms with Crippen LogP contribution in [0.5, 0.6) is 0 Å². The van der Waals surface area contributed by atoms with Gasteiger partial charge in [0.1, 0.15) is 31.0 Å². The van der Waals surface area contributed by atoms with E-state index in [4.69, 9.17) is 23.7 Å². The predicted molar refractivity (Wildman–Crippen MR) is 166 cm³/mol. The van der Waals surface area contributed by atoms with Crippen molar-refractivity contribution in [1.82, 2.24) is 0 Å². The van der Waals surface area contributed by atoms with Gasteiger partial charge in [-0.05, 0) is 88.5 Å². The molecule has 49 heavy (non-hydrogen) atoms. The Bertz CT molecular complexity index is 1330. The van der Waals surface area contributed by atoms with E-state index < -0.39 is 95.3 Å². The van der Waals surface area contributed by atoms with Gasteiger partial charge in [-0.3, -0.25) is 4.79 Å². The van der Waals surface area contributed by atoms with Gasteiger partial charge in [0.15, 0.2) is 12.6 Å². The van der Waals surface area contributed by atoms with Gasteiger partial charge in [-0.1, -0.05) is 6.92 Å². The molecule has 2 saturated heterocycles. The summed E-state index contributed by atoms with van der Waals surface area (Å²) in [6.45, 7) is 5.50. The number of carboxylic acid groups (broad SMARTS) is 1. The van der Waals surface area contributed by atoms with Gasteiger partial charge in [0.05, 0.1) is 41.0 Å². The summed E-state index contributed by atoms with van der Waals surface area (Å²) in [5.41, 5.74) is -3.83. The zero-order valence-corrected chi connectivity index (χ0v) is 28.3. The summed E-state index contributed by atoms with van der Waals surface area (Å²) in [6.07, 6.45) is -5.53. The molecule has 7 aliphatic rings. The van der Waals surface area contributed by atoms with E-state index in [-0.39, 0.29) is 50.1 Å². The molecule has 3 heterocycles. The lowest BCUT2D eigenvalue weighted by Gasteiger charge is -2.65. The van der Waals surface area contributed by atoms with E-state index in [1.165, 1.54) is 6.92 Å². The summed E-state index contributed by atoms with van der Waals surface area (Å²) in [5.74, 6) is -2.22. The van der Waals surface area contributed by atoms with Gasteiger partial charge in [-0.2, -0.15) is 0 Å². The SMILES string of the molecule is C[C@@H]1O[C@H](O[C@H]2[C@H](O)C[C@H](O[C@H]3CC[C@]4(C(=O)O)[C@H]5CC[C@]6(C)[C@@H](C7=CC(=O)OC7)CC[C@]6(O)[C@H]5CC[C@]4(O)C3)O[C@@H]2C)[C@@H](O)[C@H](O)[C@H]1O. The average molecular weight is 697 g/mol. The predicted octanol–water partition coefficient (Wildman–Crippen LogP) is 0.517. The van der Waals surface area contributed by atoms with Gasteiger partial charge in [-0.25, -0.2) is 4.79 Å². The Morgan fingerprint density at radius 3 is 2.29 bits per heavy atom. The molecule has 0 amide bonds. The van der Waals surface area contributed by atoms with E-state index in [0.717, 1.165) is 5.57 Å². The number of rotatable bonds is 6. The molecule has 0 aromatic rings. The Hall–Kier alpha value is -1.72. The van der Waals surface area contributed by atoms with Crippen molar-refractivity contribution in [3.8, 4) is 0 Å². The minimum atomic E-state index is -1.58. The van der Waals surface area contributed by atoms with Gasteiger partial charge in [0.25, 0.3) is 0 Å². The van der Waals surface area contributed by atoms with E-state index in [2.05, 4.69) is 6.92 Å². The number of aliphatic hydroxyl groups excluding tert-OH is 4. The third-order valence-corrected chi connectivity index (χ3v) is 14.0. The molecule has 4 saturated carbocycles. The Morgan fingerprint density at radius 1 is 0.878 bits per heavy atom. The second-order valence-electron chi connectivity index (χ2n) is 16.2. The van der Waals surface area contributed by atoms with Crippen LogP contribution in [0.3, 0.4) is 0 Å². The van der Waals surface area contributed by atoms with Gasteiger partial charge in [0.2, 0.25) is 0 Å². The Kier molecular flexibility index (Phi) is 9.07. The quantitative estimate of drug-likeness (QED) is 0.149. The molecule has 0 aromatic carbocycles. The molecule has 0 unspecified atom stereocenters. The van der Waals surface area contributed by atoms with Crippen molar-refractivity contribution >= 4 is 11.9 Å². The van der Waals surface area contributed by atoms with Crippen LogP contribution < -0.4 is 0 Å². The number of aliphatic carboxylic acids is 1. The van der Waals surface area contributed by atoms with Crippen LogP contribution in [0, 0.1) is 28.6 Å². The van der Waals surface area contributed by atoms with Crippen molar-refractivity contribution in [1.29, 1.82) is 0 Å². The topological polar surface area (TPSA) is 222 Å². The molecule has 0 spiro atoms. The molecule has 17 atom stereocenters. The van der Waals surface area contributed by atoms with E-state index in [1.54, 1.807) is 13.0 Å². The molecule has 3 aliphatic heterocycles. The van der Waals surface area contributed by atoms with Crippen molar-refractivity contribution in [2.24, 2.45) is 28.6 Å². The Balaban J connectivity index is 1.03. The summed E-state index contributed by atoms with van der Waals surface area (Å²) in [7, 11) is 0. The first-order valence-electron chi connectivity index (χ1n) is 17.9. The second-order valence-corrected chi connectivity index (χ2v) is 16.2. The van der Waals surface area contributed by atoms with E-state index in [1.807, 2.05) is 0 Å². The lowest BCUT2D eigenvalue weighted by atomic mass is 9.41. The molecule has 14 nitrogen and oxygen atoms in total. The first-order chi connectivity index (χ1) is 23.0. The second kappa shape index (κ2) is 12.5. The monoisotopic (exact) mass is 696 g/mol. The molecule has 7 rings (SSSR count). The highest BCUT2D eigenvalue weighted by Gasteiger charge is 2.73. The van der Waals surface area contributed by atoms with Crippen LogP contribution in [0.25, 0.3) is 0 Å². The van der Waals surface area contributed by atoms with Crippen LogP contribution in [0.1, 0.15) is 85.0 Å². The number of ether oxygens (including phenoxy) is 5. The molecule has 4 aliphatic carbocycles. The average Bonchev–Trinajstić information content (AvgIpc) is 3.58. The highest BCUT2D eigenvalue weighted by molar-refractivity contribution is 5.85. The maximum Gasteiger partial charge on any atom is 0.331 e. The summed E-state index contributed by atoms with van der Waals surface area (Å²) < 4.78 is 28.9. The standard InChI is InChI=1S/C35H52O14/c1-16-26(38)27(39)28(40)30(47-16)49-29-17(2)46-25(13-23(29)36)48-19-4-10-34(31(41)42)21-5-8-32(3)20(18-12-24(37)45-15-18)7-11-35(32,44)22(21)6-9-33(34,43)14-19/h12,16-17,19-23,25-30,36,38-40,43-44H,4-11,13-15H2,1-3H3,(H,41,42)/t16-,17+,19-,20+,21-,22-,23+,25-,26-,27+,28-,29+,30+,32+,33-,34+,35-/m0/s1. The molecule has 0 aromatic heterocycles. The molecule has 0 bridgehead atoms. The minimum Gasteiger partial charge on any atom is -0.481 e. The van der Waals surface area contributed by atoms with Crippen molar-refractivity contribution in [2.45, 2.75) is 158 Å². The van der Waals surface area contributed by atoms with E-state index in [9.17, 15) is 45.3 Å². The highest BCUT2D eigenvalue weighted by atomic mass is 16.7. The highest BCUT2D eigenvalue weighted by Crippen LogP contribution is 2.71. The third-order valence-electron chi connectivity index (χ3n) is 14.0. The third kappa shape index (κ3) is 5.35. The Morgan fingerprint density at radius 2 is 1.61 bits per heavy atom. The van der Waals surface area contributed by atoms with E-state index >= 15 is 0 Å².